The number of carbonyl (C=O) groups excluding carboxylic acids is 1. The van der Waals surface area contributed by atoms with E-state index in [1.807, 2.05) is 0 Å². The number of H-pyrrole nitrogens is 1. The Labute approximate surface area is 127 Å². The predicted octanol–water partition coefficient (Wildman–Crippen LogP) is 3.08. The molecule has 0 saturated heterocycles. The van der Waals surface area contributed by atoms with Crippen molar-refractivity contribution in [2.24, 2.45) is 0 Å². The molecule has 0 aliphatic rings. The third-order valence-corrected chi connectivity index (χ3v) is 3.32. The van der Waals surface area contributed by atoms with Gasteiger partial charge in [0, 0.05) is 22.6 Å². The zero-order chi connectivity index (χ0) is 14.9. The molecule has 2 aromatic heterocycles. The van der Waals surface area contributed by atoms with Gasteiger partial charge in [0.2, 0.25) is 0 Å². The molecule has 2 aromatic rings. The fraction of sp³-hybridized carbons (Fsp3) is 0.0833. The van der Waals surface area contributed by atoms with Crippen LogP contribution in [-0.4, -0.2) is 27.0 Å². The maximum absolute atomic E-state index is 12.1. The second-order valence-corrected chi connectivity index (χ2v) is 5.23. The molecular weight excluding hydrogens is 350 g/mol. The molecule has 2 rings (SSSR count). The van der Waals surface area contributed by atoms with E-state index in [1.165, 1.54) is 18.5 Å². The molecule has 104 valence electrons. The highest BCUT2D eigenvalue weighted by molar-refractivity contribution is 9.10. The summed E-state index contributed by atoms with van der Waals surface area (Å²) in [5.74, 6) is -1.66. The number of hydrogen-bond acceptors (Lipinski definition) is 3. The molecule has 0 aliphatic heterocycles. The van der Waals surface area contributed by atoms with Gasteiger partial charge in [-0.25, -0.2) is 9.78 Å². The number of carbonyl (C=O) groups is 2. The highest BCUT2D eigenvalue weighted by atomic mass is 79.9. The lowest BCUT2D eigenvalue weighted by molar-refractivity contribution is 0.0697. The molecule has 0 unspecified atom stereocenters. The number of halogens is 2. The average Bonchev–Trinajstić information content (AvgIpc) is 2.73. The molecule has 0 radical (unpaired) electrons. The molecule has 8 heteroatoms. The van der Waals surface area contributed by atoms with Crippen LogP contribution in [0.25, 0.3) is 0 Å². The fourth-order valence-corrected chi connectivity index (χ4v) is 2.19. The first-order valence-corrected chi connectivity index (χ1v) is 6.61. The van der Waals surface area contributed by atoms with Gasteiger partial charge in [-0.1, -0.05) is 11.6 Å². The number of nitrogens with zero attached hydrogens (tertiary/aromatic N) is 1. The second kappa shape index (κ2) is 5.64. The van der Waals surface area contributed by atoms with Crippen LogP contribution in [-0.2, 0) is 0 Å². The molecule has 3 N–H and O–H groups in total. The van der Waals surface area contributed by atoms with Crippen molar-refractivity contribution in [3.8, 4) is 0 Å². The van der Waals surface area contributed by atoms with Crippen molar-refractivity contribution in [2.45, 2.75) is 6.92 Å². The molecule has 1 amide bonds. The highest BCUT2D eigenvalue weighted by Gasteiger charge is 2.19. The van der Waals surface area contributed by atoms with E-state index in [-0.39, 0.29) is 22.0 Å². The Hall–Kier alpha value is -1.86. The smallest absolute Gasteiger partial charge is 0.339 e. The van der Waals surface area contributed by atoms with Gasteiger partial charge in [0.15, 0.2) is 0 Å². The highest BCUT2D eigenvalue weighted by Crippen LogP contribution is 2.23. The Balaban J connectivity index is 2.33. The Bertz CT molecular complexity index is 699. The first-order valence-electron chi connectivity index (χ1n) is 5.44. The summed E-state index contributed by atoms with van der Waals surface area (Å²) in [6.07, 6.45) is 2.87. The van der Waals surface area contributed by atoms with Crippen LogP contribution in [0.2, 0.25) is 5.15 Å². The molecule has 0 spiro atoms. The van der Waals surface area contributed by atoms with Gasteiger partial charge in [-0.2, -0.15) is 0 Å². The Kier molecular flexibility index (Phi) is 4.10. The first kappa shape index (κ1) is 14.5. The first-order chi connectivity index (χ1) is 9.40. The minimum Gasteiger partial charge on any atom is -0.478 e. The van der Waals surface area contributed by atoms with E-state index in [0.29, 0.717) is 10.2 Å². The van der Waals surface area contributed by atoms with Crippen LogP contribution >= 0.6 is 27.5 Å². The van der Waals surface area contributed by atoms with Crippen LogP contribution in [0.4, 0.5) is 5.69 Å². The minimum absolute atomic E-state index is 0.0115. The zero-order valence-electron chi connectivity index (χ0n) is 10.2. The van der Waals surface area contributed by atoms with Gasteiger partial charge in [-0.05, 0) is 28.9 Å². The molecular formula is C12H9BrClN3O3. The molecule has 0 aromatic carbocycles. The van der Waals surface area contributed by atoms with Crippen LogP contribution in [0, 0.1) is 6.92 Å². The number of aromatic carboxylic acids is 1. The van der Waals surface area contributed by atoms with Gasteiger partial charge < -0.3 is 15.4 Å². The number of rotatable bonds is 3. The summed E-state index contributed by atoms with van der Waals surface area (Å²) < 4.78 is 0.593. The lowest BCUT2D eigenvalue weighted by Gasteiger charge is -2.06. The Morgan fingerprint density at radius 1 is 1.50 bits per heavy atom. The van der Waals surface area contributed by atoms with Gasteiger partial charge in [0.05, 0.1) is 11.3 Å². The molecule has 0 aliphatic carbocycles. The number of aryl methyl sites for hydroxylation is 1. The summed E-state index contributed by atoms with van der Waals surface area (Å²) >= 11 is 9.04. The summed E-state index contributed by atoms with van der Waals surface area (Å²) in [4.78, 5) is 29.8. The van der Waals surface area contributed by atoms with Gasteiger partial charge in [-0.3, -0.25) is 4.79 Å². The van der Waals surface area contributed by atoms with E-state index in [9.17, 15) is 9.59 Å². The fourth-order valence-electron chi connectivity index (χ4n) is 1.67. The molecule has 0 atom stereocenters. The maximum Gasteiger partial charge on any atom is 0.339 e. The van der Waals surface area contributed by atoms with E-state index in [0.717, 1.165) is 0 Å². The number of aromatic amines is 1. The third kappa shape index (κ3) is 2.83. The molecule has 6 nitrogen and oxygen atoms in total. The van der Waals surface area contributed by atoms with Gasteiger partial charge in [0.1, 0.15) is 10.7 Å². The summed E-state index contributed by atoms with van der Waals surface area (Å²) in [5.41, 5.74) is 0.788. The number of carboxylic acid groups (broad SMARTS) is 1. The quantitative estimate of drug-likeness (QED) is 0.735. The van der Waals surface area contributed by atoms with E-state index in [2.05, 4.69) is 31.2 Å². The average molecular weight is 359 g/mol. The minimum atomic E-state index is -1.13. The molecule has 0 fully saturated rings. The van der Waals surface area contributed by atoms with E-state index in [1.54, 1.807) is 6.92 Å². The van der Waals surface area contributed by atoms with Crippen molar-refractivity contribution >= 4 is 45.1 Å². The van der Waals surface area contributed by atoms with E-state index < -0.39 is 11.9 Å². The molecule has 20 heavy (non-hydrogen) atoms. The zero-order valence-corrected chi connectivity index (χ0v) is 12.5. The van der Waals surface area contributed by atoms with Crippen molar-refractivity contribution in [3.63, 3.8) is 0 Å². The number of pyridine rings is 1. The number of amides is 1. The summed E-state index contributed by atoms with van der Waals surface area (Å²) in [5, 5.41) is 11.6. The number of anilines is 1. The maximum atomic E-state index is 12.1. The number of aromatic nitrogens is 2. The summed E-state index contributed by atoms with van der Waals surface area (Å²) in [6, 6.07) is 1.50. The van der Waals surface area contributed by atoms with E-state index >= 15 is 0 Å². The Morgan fingerprint density at radius 3 is 2.85 bits per heavy atom. The lowest BCUT2D eigenvalue weighted by atomic mass is 10.2. The van der Waals surface area contributed by atoms with Crippen LogP contribution in [0.1, 0.15) is 26.4 Å². The second-order valence-electron chi connectivity index (χ2n) is 3.95. The lowest BCUT2D eigenvalue weighted by Crippen LogP contribution is -2.15. The van der Waals surface area contributed by atoms with Crippen molar-refractivity contribution in [1.29, 1.82) is 0 Å². The summed E-state index contributed by atoms with van der Waals surface area (Å²) in [6.45, 7) is 1.60. The van der Waals surface area contributed by atoms with Crippen molar-refractivity contribution < 1.29 is 14.7 Å². The normalized spacial score (nSPS) is 10.3. The monoisotopic (exact) mass is 357 g/mol. The van der Waals surface area contributed by atoms with Crippen molar-refractivity contribution in [2.75, 3.05) is 5.32 Å². The standard InChI is InChI=1S/C12H9BrClN3O3/c1-5-9(12(19)20)8(4-15-5)17-11(18)7-2-6(13)3-16-10(7)14/h2-4,15H,1H3,(H,17,18)(H,19,20). The van der Waals surface area contributed by atoms with Crippen molar-refractivity contribution in [1.82, 2.24) is 9.97 Å². The largest absolute Gasteiger partial charge is 0.478 e. The number of carboxylic acids is 1. The van der Waals surface area contributed by atoms with Gasteiger partial charge in [-0.15, -0.1) is 0 Å². The predicted molar refractivity (Wildman–Crippen MR) is 77.4 cm³/mol. The van der Waals surface area contributed by atoms with Crippen LogP contribution in [0.3, 0.4) is 0 Å². The van der Waals surface area contributed by atoms with Crippen LogP contribution in [0.5, 0.6) is 0 Å². The van der Waals surface area contributed by atoms with Gasteiger partial charge >= 0.3 is 5.97 Å². The van der Waals surface area contributed by atoms with E-state index in [4.69, 9.17) is 16.7 Å². The molecule has 2 heterocycles. The van der Waals surface area contributed by atoms with Crippen LogP contribution < -0.4 is 5.32 Å². The topological polar surface area (TPSA) is 95.1 Å². The van der Waals surface area contributed by atoms with Crippen molar-refractivity contribution in [3.05, 3.63) is 44.9 Å². The Morgan fingerprint density at radius 2 is 2.20 bits per heavy atom. The number of nitrogens with one attached hydrogen (secondary N) is 2. The third-order valence-electron chi connectivity index (χ3n) is 2.59. The molecule has 0 saturated carbocycles. The number of hydrogen-bond donors (Lipinski definition) is 3. The van der Waals surface area contributed by atoms with Crippen LogP contribution in [0.15, 0.2) is 22.9 Å². The summed E-state index contributed by atoms with van der Waals surface area (Å²) in [7, 11) is 0. The molecule has 0 bridgehead atoms. The van der Waals surface area contributed by atoms with Gasteiger partial charge in [0.25, 0.3) is 5.91 Å². The SMILES string of the molecule is Cc1[nH]cc(NC(=O)c2cc(Br)cnc2Cl)c1C(=O)O.